The first-order valence-corrected chi connectivity index (χ1v) is 10.2. The van der Waals surface area contributed by atoms with Gasteiger partial charge in [-0.05, 0) is 43.1 Å². The third kappa shape index (κ3) is 2.79. The van der Waals surface area contributed by atoms with E-state index >= 15 is 0 Å². The average molecular weight is 382 g/mol. The molecule has 2 aliphatic heterocycles. The van der Waals surface area contributed by atoms with E-state index in [1.54, 1.807) is 6.20 Å². The van der Waals surface area contributed by atoms with Crippen molar-refractivity contribution in [3.8, 4) is 11.4 Å². The smallest absolute Gasteiger partial charge is 0.163 e. The molecule has 144 valence electrons. The van der Waals surface area contributed by atoms with Gasteiger partial charge in [0.15, 0.2) is 5.82 Å². The first-order chi connectivity index (χ1) is 14.4. The zero-order chi connectivity index (χ0) is 19.2. The van der Waals surface area contributed by atoms with Gasteiger partial charge in [0.05, 0.1) is 12.2 Å². The van der Waals surface area contributed by atoms with Gasteiger partial charge in [0.2, 0.25) is 0 Å². The molecule has 6 rings (SSSR count). The lowest BCUT2D eigenvalue weighted by Gasteiger charge is -2.32. The maximum Gasteiger partial charge on any atom is 0.163 e. The summed E-state index contributed by atoms with van der Waals surface area (Å²) in [5, 5.41) is 4.81. The largest absolute Gasteiger partial charge is 0.357 e. The third-order valence-corrected chi connectivity index (χ3v) is 6.02. The molecule has 0 unspecified atom stereocenters. The van der Waals surface area contributed by atoms with Crippen molar-refractivity contribution in [2.24, 2.45) is 0 Å². The monoisotopic (exact) mass is 382 g/mol. The number of hydrogen-bond donors (Lipinski definition) is 2. The van der Waals surface area contributed by atoms with Crippen LogP contribution in [0.15, 0.2) is 48.8 Å². The number of hydrogen-bond acceptors (Lipinski definition) is 5. The fourth-order valence-electron chi connectivity index (χ4n) is 4.60. The molecule has 0 amide bonds. The van der Waals surface area contributed by atoms with E-state index in [-0.39, 0.29) is 0 Å². The topological polar surface area (TPSA) is 69.7 Å². The van der Waals surface area contributed by atoms with Crippen LogP contribution in [0.5, 0.6) is 0 Å². The van der Waals surface area contributed by atoms with Crippen LogP contribution in [0.3, 0.4) is 0 Å². The molecule has 6 nitrogen and oxygen atoms in total. The molecule has 0 aliphatic carbocycles. The first kappa shape index (κ1) is 16.7. The molecule has 0 saturated carbocycles. The van der Waals surface area contributed by atoms with Crippen molar-refractivity contribution in [1.29, 1.82) is 0 Å². The van der Waals surface area contributed by atoms with Gasteiger partial charge in [-0.2, -0.15) is 0 Å². The van der Waals surface area contributed by atoms with Crippen LogP contribution < -0.4 is 10.2 Å². The van der Waals surface area contributed by atoms with Crippen molar-refractivity contribution < 1.29 is 0 Å². The van der Waals surface area contributed by atoms with E-state index in [1.807, 2.05) is 18.3 Å². The Morgan fingerprint density at radius 2 is 1.93 bits per heavy atom. The number of pyridine rings is 1. The number of H-pyrrole nitrogens is 1. The maximum atomic E-state index is 5.04. The van der Waals surface area contributed by atoms with E-state index in [1.165, 1.54) is 27.7 Å². The fourth-order valence-corrected chi connectivity index (χ4v) is 4.60. The Hall–Kier alpha value is -3.25. The average Bonchev–Trinajstić information content (AvgIpc) is 3.17. The minimum Gasteiger partial charge on any atom is -0.357 e. The van der Waals surface area contributed by atoms with E-state index in [0.29, 0.717) is 0 Å². The Morgan fingerprint density at radius 3 is 2.86 bits per heavy atom. The van der Waals surface area contributed by atoms with Crippen molar-refractivity contribution in [2.45, 2.75) is 25.9 Å². The molecule has 5 heterocycles. The highest BCUT2D eigenvalue weighted by molar-refractivity contribution is 5.85. The molecule has 3 aromatic heterocycles. The SMILES string of the molecule is c1cncc(-c2nc3c(c(N4CCc5c([nH]c6ccccc56)C4)n2)CCNC3)c1. The van der Waals surface area contributed by atoms with Gasteiger partial charge < -0.3 is 15.2 Å². The second-order valence-electron chi connectivity index (χ2n) is 7.76. The van der Waals surface area contributed by atoms with E-state index in [0.717, 1.165) is 61.9 Å². The molecule has 2 aliphatic rings. The minimum atomic E-state index is 0.762. The summed E-state index contributed by atoms with van der Waals surface area (Å²) >= 11 is 0. The summed E-state index contributed by atoms with van der Waals surface area (Å²) in [6.45, 7) is 3.59. The lowest BCUT2D eigenvalue weighted by atomic mass is 10.0. The van der Waals surface area contributed by atoms with Crippen molar-refractivity contribution in [2.75, 3.05) is 18.0 Å². The highest BCUT2D eigenvalue weighted by atomic mass is 15.2. The standard InChI is InChI=1S/C23H22N6/c1-2-6-19-16(5-1)17-8-11-29(14-21(17)26-19)23-18-7-10-25-13-20(18)27-22(28-23)15-4-3-9-24-12-15/h1-6,9,12,25-26H,7-8,10-11,13-14H2. The van der Waals surface area contributed by atoms with Crippen molar-refractivity contribution in [3.63, 3.8) is 0 Å². The van der Waals surface area contributed by atoms with E-state index < -0.39 is 0 Å². The zero-order valence-corrected chi connectivity index (χ0v) is 16.2. The van der Waals surface area contributed by atoms with Crippen LogP contribution in [0.4, 0.5) is 5.82 Å². The van der Waals surface area contributed by atoms with Crippen LogP contribution in [-0.2, 0) is 25.9 Å². The molecule has 0 fully saturated rings. The summed E-state index contributed by atoms with van der Waals surface area (Å²) in [6, 6.07) is 12.6. The number of benzene rings is 1. The Labute approximate surface area is 169 Å². The lowest BCUT2D eigenvalue weighted by molar-refractivity contribution is 0.615. The summed E-state index contributed by atoms with van der Waals surface area (Å²) < 4.78 is 0. The Kier molecular flexibility index (Phi) is 3.84. The summed E-state index contributed by atoms with van der Waals surface area (Å²) in [5.74, 6) is 1.85. The number of nitrogens with zero attached hydrogens (tertiary/aromatic N) is 4. The summed E-state index contributed by atoms with van der Waals surface area (Å²) in [5.41, 5.74) is 7.35. The summed E-state index contributed by atoms with van der Waals surface area (Å²) in [7, 11) is 0. The summed E-state index contributed by atoms with van der Waals surface area (Å²) in [6.07, 6.45) is 5.62. The van der Waals surface area contributed by atoms with Gasteiger partial charge in [-0.3, -0.25) is 4.98 Å². The predicted octanol–water partition coefficient (Wildman–Crippen LogP) is 3.23. The van der Waals surface area contributed by atoms with E-state index in [4.69, 9.17) is 9.97 Å². The van der Waals surface area contributed by atoms with Gasteiger partial charge in [-0.15, -0.1) is 0 Å². The van der Waals surface area contributed by atoms with Crippen LogP contribution in [0, 0.1) is 0 Å². The van der Waals surface area contributed by atoms with Gasteiger partial charge in [0, 0.05) is 53.2 Å². The molecule has 6 heteroatoms. The van der Waals surface area contributed by atoms with Gasteiger partial charge in [-0.1, -0.05) is 18.2 Å². The van der Waals surface area contributed by atoms with E-state index in [9.17, 15) is 0 Å². The molecule has 29 heavy (non-hydrogen) atoms. The number of anilines is 1. The molecule has 0 radical (unpaired) electrons. The quantitative estimate of drug-likeness (QED) is 0.557. The normalized spacial score (nSPS) is 15.9. The molecule has 1 aromatic carbocycles. The molecule has 0 spiro atoms. The molecular formula is C23H22N6. The predicted molar refractivity (Wildman–Crippen MR) is 114 cm³/mol. The third-order valence-electron chi connectivity index (χ3n) is 6.02. The number of nitrogens with one attached hydrogen (secondary N) is 2. The number of rotatable bonds is 2. The van der Waals surface area contributed by atoms with Crippen molar-refractivity contribution in [3.05, 3.63) is 71.3 Å². The zero-order valence-electron chi connectivity index (χ0n) is 16.2. The van der Waals surface area contributed by atoms with Gasteiger partial charge >= 0.3 is 0 Å². The molecular weight excluding hydrogens is 360 g/mol. The molecule has 0 bridgehead atoms. The van der Waals surface area contributed by atoms with Crippen LogP contribution in [0.1, 0.15) is 22.5 Å². The molecule has 4 aromatic rings. The van der Waals surface area contributed by atoms with Crippen LogP contribution in [0.2, 0.25) is 0 Å². The Morgan fingerprint density at radius 1 is 0.966 bits per heavy atom. The molecule has 0 saturated heterocycles. The van der Waals surface area contributed by atoms with Crippen molar-refractivity contribution in [1.82, 2.24) is 25.3 Å². The van der Waals surface area contributed by atoms with Crippen LogP contribution >= 0.6 is 0 Å². The second kappa shape index (κ2) is 6.67. The maximum absolute atomic E-state index is 5.04. The Balaban J connectivity index is 1.44. The van der Waals surface area contributed by atoms with E-state index in [2.05, 4.69) is 44.5 Å². The second-order valence-corrected chi connectivity index (χ2v) is 7.76. The highest BCUT2D eigenvalue weighted by Crippen LogP contribution is 2.33. The number of aromatic amines is 1. The Bertz CT molecular complexity index is 1200. The van der Waals surface area contributed by atoms with Gasteiger partial charge in [0.25, 0.3) is 0 Å². The number of aromatic nitrogens is 4. The molecule has 2 N–H and O–H groups in total. The van der Waals surface area contributed by atoms with Gasteiger partial charge in [0.1, 0.15) is 5.82 Å². The van der Waals surface area contributed by atoms with Gasteiger partial charge in [-0.25, -0.2) is 9.97 Å². The summed E-state index contributed by atoms with van der Waals surface area (Å²) in [4.78, 5) is 20.2. The molecule has 0 atom stereocenters. The fraction of sp³-hybridized carbons (Fsp3) is 0.261. The number of para-hydroxylation sites is 1. The highest BCUT2D eigenvalue weighted by Gasteiger charge is 2.26. The van der Waals surface area contributed by atoms with Crippen LogP contribution in [-0.4, -0.2) is 33.0 Å². The number of fused-ring (bicyclic) bond motifs is 4. The van der Waals surface area contributed by atoms with Crippen molar-refractivity contribution >= 4 is 16.7 Å². The minimum absolute atomic E-state index is 0.762. The lowest BCUT2D eigenvalue weighted by Crippen LogP contribution is -2.34. The first-order valence-electron chi connectivity index (χ1n) is 10.2. The van der Waals surface area contributed by atoms with Crippen LogP contribution in [0.25, 0.3) is 22.3 Å².